The topological polar surface area (TPSA) is 112 Å². The molecule has 3 heterocycles. The van der Waals surface area contributed by atoms with Crippen LogP contribution in [0.1, 0.15) is 17.0 Å². The number of fused-ring (bicyclic) bond motifs is 1. The molecule has 4 rings (SSSR count). The second-order valence-corrected chi connectivity index (χ2v) is 6.56. The van der Waals surface area contributed by atoms with Gasteiger partial charge in [0.1, 0.15) is 23.9 Å². The van der Waals surface area contributed by atoms with E-state index in [1.54, 1.807) is 24.3 Å². The second kappa shape index (κ2) is 7.01. The molecule has 150 valence electrons. The first kappa shape index (κ1) is 18.6. The number of hydrogen-bond donors (Lipinski definition) is 2. The fourth-order valence-corrected chi connectivity index (χ4v) is 3.77. The van der Waals surface area contributed by atoms with Crippen molar-refractivity contribution in [3.05, 3.63) is 74.1 Å². The minimum absolute atomic E-state index is 0.0193. The number of anilines is 1. The Balaban J connectivity index is 2.08. The predicted octanol–water partition coefficient (Wildman–Crippen LogP) is 1.11. The molecule has 2 aliphatic rings. The Bertz CT molecular complexity index is 1170. The summed E-state index contributed by atoms with van der Waals surface area (Å²) < 4.78 is 17.4. The van der Waals surface area contributed by atoms with Crippen LogP contribution < -0.4 is 26.0 Å². The van der Waals surface area contributed by atoms with Crippen molar-refractivity contribution in [3.63, 3.8) is 0 Å². The van der Waals surface area contributed by atoms with Gasteiger partial charge in [-0.15, -0.1) is 6.58 Å². The lowest BCUT2D eigenvalue weighted by Crippen LogP contribution is -2.38. The number of ether oxygens (including phenoxy) is 3. The third-order valence-electron chi connectivity index (χ3n) is 5.03. The van der Waals surface area contributed by atoms with Gasteiger partial charge in [0.2, 0.25) is 0 Å². The van der Waals surface area contributed by atoms with Crippen LogP contribution in [-0.2, 0) is 16.1 Å². The van der Waals surface area contributed by atoms with E-state index in [2.05, 4.69) is 16.9 Å². The molecule has 2 aromatic rings. The SMILES string of the molecule is C=CCn1c2c(c(=O)[nH]c1=O)C(c1cc(OC)ccc1OC)C1=C(COC1=O)N2. The number of esters is 1. The minimum atomic E-state index is -0.804. The Hall–Kier alpha value is -3.75. The molecule has 2 aliphatic heterocycles. The van der Waals surface area contributed by atoms with E-state index in [1.807, 2.05) is 0 Å². The molecule has 2 N–H and O–H groups in total. The fraction of sp³-hybridized carbons (Fsp3) is 0.250. The summed E-state index contributed by atoms with van der Waals surface area (Å²) in [4.78, 5) is 40.2. The van der Waals surface area contributed by atoms with Crippen molar-refractivity contribution in [1.82, 2.24) is 9.55 Å². The number of methoxy groups -OCH3 is 2. The molecule has 1 atom stereocenters. The maximum absolute atomic E-state index is 12.9. The van der Waals surface area contributed by atoms with E-state index in [-0.39, 0.29) is 18.7 Å². The predicted molar refractivity (Wildman–Crippen MR) is 105 cm³/mol. The molecule has 0 amide bonds. The van der Waals surface area contributed by atoms with E-state index in [9.17, 15) is 14.4 Å². The number of rotatable bonds is 5. The normalized spacial score (nSPS) is 17.2. The van der Waals surface area contributed by atoms with Crippen LogP contribution in [0.25, 0.3) is 0 Å². The van der Waals surface area contributed by atoms with E-state index < -0.39 is 23.1 Å². The van der Waals surface area contributed by atoms with Crippen LogP contribution in [0.2, 0.25) is 0 Å². The first-order valence-corrected chi connectivity index (χ1v) is 8.87. The van der Waals surface area contributed by atoms with Crippen molar-refractivity contribution in [3.8, 4) is 11.5 Å². The summed E-state index contributed by atoms with van der Waals surface area (Å²) in [5.74, 6) is -0.0394. The number of cyclic esters (lactones) is 1. The summed E-state index contributed by atoms with van der Waals surface area (Å²) in [6.07, 6.45) is 1.54. The summed E-state index contributed by atoms with van der Waals surface area (Å²) in [6.45, 7) is 3.86. The standard InChI is InChI=1S/C20H19N3O6/c1-4-7-23-17-16(18(24)22-20(23)26)14(15-12(21-17)9-29-19(15)25)11-8-10(27-2)5-6-13(11)28-3/h4-6,8,14,21H,1,7,9H2,2-3H3,(H,22,24,26). The van der Waals surface area contributed by atoms with Crippen molar-refractivity contribution in [2.24, 2.45) is 0 Å². The summed E-state index contributed by atoms with van der Waals surface area (Å²) in [5.41, 5.74) is 0.398. The second-order valence-electron chi connectivity index (χ2n) is 6.56. The monoisotopic (exact) mass is 397 g/mol. The van der Waals surface area contributed by atoms with Gasteiger partial charge >= 0.3 is 11.7 Å². The van der Waals surface area contributed by atoms with E-state index in [0.717, 1.165) is 0 Å². The molecular formula is C20H19N3O6. The van der Waals surface area contributed by atoms with E-state index >= 15 is 0 Å². The van der Waals surface area contributed by atoms with Crippen molar-refractivity contribution >= 4 is 11.8 Å². The fourth-order valence-electron chi connectivity index (χ4n) is 3.77. The number of benzene rings is 1. The minimum Gasteiger partial charge on any atom is -0.497 e. The van der Waals surface area contributed by atoms with Crippen molar-refractivity contribution in [2.75, 3.05) is 26.1 Å². The third kappa shape index (κ3) is 2.82. The smallest absolute Gasteiger partial charge is 0.337 e. The number of H-pyrrole nitrogens is 1. The largest absolute Gasteiger partial charge is 0.497 e. The van der Waals surface area contributed by atoms with Gasteiger partial charge in [0.15, 0.2) is 0 Å². The number of nitrogens with zero attached hydrogens (tertiary/aromatic N) is 1. The highest BCUT2D eigenvalue weighted by atomic mass is 16.5. The lowest BCUT2D eigenvalue weighted by Gasteiger charge is -2.28. The summed E-state index contributed by atoms with van der Waals surface area (Å²) in [6, 6.07) is 5.12. The maximum Gasteiger partial charge on any atom is 0.337 e. The highest BCUT2D eigenvalue weighted by Gasteiger charge is 2.42. The Morgan fingerprint density at radius 2 is 2.07 bits per heavy atom. The Morgan fingerprint density at radius 3 is 2.76 bits per heavy atom. The summed E-state index contributed by atoms with van der Waals surface area (Å²) in [7, 11) is 3.02. The maximum atomic E-state index is 12.9. The lowest BCUT2D eigenvalue weighted by molar-refractivity contribution is -0.136. The van der Waals surface area contributed by atoms with Crippen LogP contribution in [0.3, 0.4) is 0 Å². The number of nitrogens with one attached hydrogen (secondary N) is 2. The van der Waals surface area contributed by atoms with Crippen LogP contribution >= 0.6 is 0 Å². The Labute approximate surface area is 165 Å². The molecule has 1 unspecified atom stereocenters. The molecule has 0 saturated carbocycles. The lowest BCUT2D eigenvalue weighted by atomic mass is 9.82. The van der Waals surface area contributed by atoms with Gasteiger partial charge in [-0.05, 0) is 18.2 Å². The first-order valence-electron chi connectivity index (χ1n) is 8.87. The zero-order chi connectivity index (χ0) is 20.7. The molecule has 9 heteroatoms. The highest BCUT2D eigenvalue weighted by molar-refractivity contribution is 5.97. The van der Waals surface area contributed by atoms with Crippen LogP contribution in [0, 0.1) is 0 Å². The first-order chi connectivity index (χ1) is 14.0. The molecule has 0 aliphatic carbocycles. The molecule has 0 bridgehead atoms. The average molecular weight is 397 g/mol. The molecule has 0 spiro atoms. The molecule has 1 aromatic heterocycles. The number of hydrogen-bond acceptors (Lipinski definition) is 7. The third-order valence-corrected chi connectivity index (χ3v) is 5.03. The molecule has 1 aromatic carbocycles. The Morgan fingerprint density at radius 1 is 1.28 bits per heavy atom. The van der Waals surface area contributed by atoms with Crippen LogP contribution in [-0.4, -0.2) is 36.3 Å². The quantitative estimate of drug-likeness (QED) is 0.574. The zero-order valence-electron chi connectivity index (χ0n) is 15.9. The van der Waals surface area contributed by atoms with Gasteiger partial charge in [-0.1, -0.05) is 6.08 Å². The molecule has 0 fully saturated rings. The number of carbonyl (C=O) groups excluding carboxylic acids is 1. The number of allylic oxidation sites excluding steroid dienone is 1. The summed E-state index contributed by atoms with van der Waals surface area (Å²) >= 11 is 0. The summed E-state index contributed by atoms with van der Waals surface area (Å²) in [5, 5.41) is 3.05. The number of aromatic nitrogens is 2. The van der Waals surface area contributed by atoms with E-state index in [0.29, 0.717) is 34.2 Å². The van der Waals surface area contributed by atoms with Crippen molar-refractivity contribution in [1.29, 1.82) is 0 Å². The molecule has 29 heavy (non-hydrogen) atoms. The van der Waals surface area contributed by atoms with E-state index in [4.69, 9.17) is 14.2 Å². The van der Waals surface area contributed by atoms with E-state index in [1.165, 1.54) is 18.8 Å². The Kier molecular flexibility index (Phi) is 4.50. The number of aromatic amines is 1. The van der Waals surface area contributed by atoms with Crippen LogP contribution in [0.5, 0.6) is 11.5 Å². The van der Waals surface area contributed by atoms with Crippen LogP contribution in [0.4, 0.5) is 5.82 Å². The average Bonchev–Trinajstić information content (AvgIpc) is 3.09. The van der Waals surface area contributed by atoms with Gasteiger partial charge in [0.05, 0.1) is 37.0 Å². The van der Waals surface area contributed by atoms with Gasteiger partial charge < -0.3 is 19.5 Å². The molecule has 0 saturated heterocycles. The molecule has 0 radical (unpaired) electrons. The van der Waals surface area contributed by atoms with Crippen molar-refractivity contribution < 1.29 is 19.0 Å². The zero-order valence-corrected chi connectivity index (χ0v) is 15.9. The molecular weight excluding hydrogens is 378 g/mol. The van der Waals surface area contributed by atoms with Gasteiger partial charge in [-0.25, -0.2) is 9.59 Å². The van der Waals surface area contributed by atoms with Gasteiger partial charge in [-0.3, -0.25) is 14.3 Å². The van der Waals surface area contributed by atoms with Gasteiger partial charge in [0, 0.05) is 12.1 Å². The number of carbonyl (C=O) groups is 1. The van der Waals surface area contributed by atoms with Crippen molar-refractivity contribution in [2.45, 2.75) is 12.5 Å². The van der Waals surface area contributed by atoms with Gasteiger partial charge in [0.25, 0.3) is 5.56 Å². The van der Waals surface area contributed by atoms with Gasteiger partial charge in [-0.2, -0.15) is 0 Å². The molecule has 9 nitrogen and oxygen atoms in total. The van der Waals surface area contributed by atoms with Crippen LogP contribution in [0.15, 0.2) is 51.7 Å². The highest BCUT2D eigenvalue weighted by Crippen LogP contribution is 2.45.